The number of rotatable bonds is 15. The van der Waals surface area contributed by atoms with E-state index in [1.807, 2.05) is 0 Å². The number of aliphatic hydroxyl groups excluding tert-OH is 6. The maximum atomic E-state index is 10.9. The maximum Gasteiger partial charge on any atom is 0.709 e. The summed E-state index contributed by atoms with van der Waals surface area (Å²) in [7, 11) is -1.97. The van der Waals surface area contributed by atoms with E-state index in [2.05, 4.69) is 11.6 Å². The van der Waals surface area contributed by atoms with Crippen molar-refractivity contribution in [3.63, 3.8) is 0 Å². The summed E-state index contributed by atoms with van der Waals surface area (Å²) >= 11 is 0. The number of hydrogen-bond donors (Lipinski definition) is 8. The molecule has 0 rings (SSSR count). The third-order valence-corrected chi connectivity index (χ3v) is 3.56. The van der Waals surface area contributed by atoms with Crippen molar-refractivity contribution in [2.75, 3.05) is 26.4 Å². The van der Waals surface area contributed by atoms with E-state index in [9.17, 15) is 4.79 Å². The molecule has 0 heterocycles. The van der Waals surface area contributed by atoms with Crippen LogP contribution in [0, 0.1) is 0 Å². The Morgan fingerprint density at radius 1 is 0.724 bits per heavy atom. The molecule has 176 valence electrons. The van der Waals surface area contributed by atoms with Gasteiger partial charge in [0.15, 0.2) is 0 Å². The minimum atomic E-state index is -1.97. The van der Waals surface area contributed by atoms with Crippen molar-refractivity contribution >= 4 is 13.3 Å². The van der Waals surface area contributed by atoms with E-state index in [0.717, 1.165) is 19.3 Å². The monoisotopic (exact) mass is 428 g/mol. The molecule has 0 aromatic rings. The van der Waals surface area contributed by atoms with Gasteiger partial charge in [0.05, 0.1) is 26.4 Å². The smallest absolute Gasteiger partial charge is 0.485 e. The van der Waals surface area contributed by atoms with Gasteiger partial charge in [-0.15, -0.1) is 0 Å². The number of aliphatic hydroxyl groups is 6. The van der Waals surface area contributed by atoms with Crippen molar-refractivity contribution in [2.45, 2.75) is 83.3 Å². The lowest BCUT2D eigenvalue weighted by atomic mass is 10.1. The Balaban J connectivity index is -0.000000460. The minimum Gasteiger partial charge on any atom is -0.485 e. The highest BCUT2D eigenvalue weighted by Gasteiger charge is 2.14. The number of unbranched alkanes of at least 4 members (excludes halogenated alkanes) is 8. The first-order valence-corrected chi connectivity index (χ1v) is 10.1. The average molecular weight is 428 g/mol. The summed E-state index contributed by atoms with van der Waals surface area (Å²) in [6.45, 7) is 0.752. The van der Waals surface area contributed by atoms with E-state index >= 15 is 0 Å². The largest absolute Gasteiger partial charge is 0.709 e. The predicted octanol–water partition coefficient (Wildman–Crippen LogP) is -0.916. The molecule has 0 fully saturated rings. The molecule has 0 aromatic heterocycles. The van der Waals surface area contributed by atoms with Crippen molar-refractivity contribution in [1.82, 2.24) is 0 Å². The van der Waals surface area contributed by atoms with Crippen LogP contribution in [0.5, 0.6) is 0 Å². The van der Waals surface area contributed by atoms with Crippen LogP contribution >= 0.6 is 0 Å². The van der Waals surface area contributed by atoms with Crippen LogP contribution in [0.15, 0.2) is 0 Å². The Bertz CT molecular complexity index is 303. The molecule has 8 N–H and O–H groups in total. The van der Waals surface area contributed by atoms with Gasteiger partial charge in [-0.25, -0.2) is 0 Å². The number of carbonyl (C=O) groups excluding carboxylic acids is 1. The van der Waals surface area contributed by atoms with Gasteiger partial charge in [0.2, 0.25) is 0 Å². The summed E-state index contributed by atoms with van der Waals surface area (Å²) < 4.78 is 4.19. The standard InChI is InChI=1S/C12H25BO4.2C3H8O3/c1-2-3-4-5-6-7-8-9-10-11-12(14)17-13(15)16;2*4-1-3(6)2-5/h15-16H,2-11H2,1H3;2*3-6H,1-2H2. The van der Waals surface area contributed by atoms with Crippen molar-refractivity contribution in [2.24, 2.45) is 0 Å². The fourth-order valence-electron chi connectivity index (χ4n) is 1.87. The molecule has 0 saturated heterocycles. The second-order valence-electron chi connectivity index (χ2n) is 6.43. The molecule has 0 radical (unpaired) electrons. The van der Waals surface area contributed by atoms with Crippen molar-refractivity contribution in [3.05, 3.63) is 0 Å². The highest BCUT2D eigenvalue weighted by atomic mass is 16.6. The number of hydrogen-bond acceptors (Lipinski definition) is 10. The average Bonchev–Trinajstić information content (AvgIpc) is 2.71. The molecular weight excluding hydrogens is 387 g/mol. The summed E-state index contributed by atoms with van der Waals surface area (Å²) in [5.41, 5.74) is 0. The molecule has 0 aromatic carbocycles. The summed E-state index contributed by atoms with van der Waals surface area (Å²) in [6, 6.07) is 0. The summed E-state index contributed by atoms with van der Waals surface area (Å²) in [6.07, 6.45) is 9.02. The third kappa shape index (κ3) is 35.1. The molecule has 29 heavy (non-hydrogen) atoms. The highest BCUT2D eigenvalue weighted by Crippen LogP contribution is 2.10. The topological polar surface area (TPSA) is 188 Å². The molecule has 10 nitrogen and oxygen atoms in total. The SMILES string of the molecule is CCCCCCCCCCCC(=O)OB(O)O.OCC(O)CO.OCC(O)CO. The van der Waals surface area contributed by atoms with Gasteiger partial charge in [-0.1, -0.05) is 58.3 Å². The number of carbonyl (C=O) groups is 1. The zero-order valence-electron chi connectivity index (χ0n) is 17.5. The Morgan fingerprint density at radius 3 is 1.34 bits per heavy atom. The van der Waals surface area contributed by atoms with Gasteiger partial charge in [0, 0.05) is 6.42 Å². The first kappa shape index (κ1) is 32.9. The third-order valence-electron chi connectivity index (χ3n) is 3.56. The molecular formula is C18H41BO10. The quantitative estimate of drug-likeness (QED) is 0.120. The first-order valence-electron chi connectivity index (χ1n) is 10.1. The molecule has 0 aliphatic rings. The van der Waals surface area contributed by atoms with Crippen LogP contribution in [-0.4, -0.2) is 92.6 Å². The minimum absolute atomic E-state index is 0.271. The van der Waals surface area contributed by atoms with Crippen LogP contribution < -0.4 is 0 Å². The Morgan fingerprint density at radius 2 is 1.07 bits per heavy atom. The second kappa shape index (κ2) is 27.2. The van der Waals surface area contributed by atoms with E-state index in [4.69, 9.17) is 40.7 Å². The summed E-state index contributed by atoms with van der Waals surface area (Å²) in [5.74, 6) is -0.539. The van der Waals surface area contributed by atoms with Crippen LogP contribution in [0.2, 0.25) is 0 Å². The van der Waals surface area contributed by atoms with Gasteiger partial charge in [-0.3, -0.25) is 4.79 Å². The van der Waals surface area contributed by atoms with Crippen LogP contribution in [-0.2, 0) is 9.45 Å². The van der Waals surface area contributed by atoms with Crippen LogP contribution in [0.4, 0.5) is 0 Å². The molecule has 0 atom stereocenters. The molecule has 0 aliphatic carbocycles. The lowest BCUT2D eigenvalue weighted by Gasteiger charge is -2.03. The highest BCUT2D eigenvalue weighted by molar-refractivity contribution is 6.35. The summed E-state index contributed by atoms with van der Waals surface area (Å²) in [4.78, 5) is 10.9. The van der Waals surface area contributed by atoms with Crippen molar-refractivity contribution in [3.8, 4) is 0 Å². The van der Waals surface area contributed by atoms with E-state index in [-0.39, 0.29) is 32.8 Å². The first-order chi connectivity index (χ1) is 13.8. The predicted molar refractivity (Wildman–Crippen MR) is 108 cm³/mol. The lowest BCUT2D eigenvalue weighted by Crippen LogP contribution is -2.21. The van der Waals surface area contributed by atoms with Gasteiger partial charge in [0.1, 0.15) is 12.2 Å². The van der Waals surface area contributed by atoms with Crippen LogP contribution in [0.25, 0.3) is 0 Å². The van der Waals surface area contributed by atoms with Crippen molar-refractivity contribution in [1.29, 1.82) is 0 Å². The van der Waals surface area contributed by atoms with Crippen LogP contribution in [0.1, 0.15) is 71.1 Å². The molecule has 11 heteroatoms. The zero-order chi connectivity index (χ0) is 22.9. The van der Waals surface area contributed by atoms with Gasteiger partial charge in [-0.2, -0.15) is 0 Å². The molecule has 0 aliphatic heterocycles. The van der Waals surface area contributed by atoms with Gasteiger partial charge < -0.3 is 45.3 Å². The van der Waals surface area contributed by atoms with E-state index in [0.29, 0.717) is 0 Å². The summed E-state index contributed by atoms with van der Waals surface area (Å²) in [5, 5.41) is 64.8. The Kier molecular flexibility index (Phi) is 30.8. The maximum absolute atomic E-state index is 10.9. The Labute approximate surface area is 174 Å². The molecule has 0 unspecified atom stereocenters. The molecule has 0 saturated carbocycles. The van der Waals surface area contributed by atoms with Crippen LogP contribution in [0.3, 0.4) is 0 Å². The second-order valence-corrected chi connectivity index (χ2v) is 6.43. The van der Waals surface area contributed by atoms with E-state index in [1.54, 1.807) is 0 Å². The lowest BCUT2D eigenvalue weighted by molar-refractivity contribution is -0.137. The normalized spacial score (nSPS) is 10.2. The molecule has 0 amide bonds. The molecule has 0 spiro atoms. The van der Waals surface area contributed by atoms with Gasteiger partial charge in [0.25, 0.3) is 5.97 Å². The zero-order valence-corrected chi connectivity index (χ0v) is 17.5. The Hall–Kier alpha value is -0.785. The fraction of sp³-hybridized carbons (Fsp3) is 0.944. The van der Waals surface area contributed by atoms with E-state index < -0.39 is 25.5 Å². The van der Waals surface area contributed by atoms with Gasteiger partial charge in [-0.05, 0) is 6.42 Å². The van der Waals surface area contributed by atoms with E-state index in [1.165, 1.54) is 38.5 Å². The fourth-order valence-corrected chi connectivity index (χ4v) is 1.87. The van der Waals surface area contributed by atoms with Gasteiger partial charge >= 0.3 is 7.32 Å². The molecule has 0 bridgehead atoms. The van der Waals surface area contributed by atoms with Crippen molar-refractivity contribution < 1.29 is 50.1 Å².